The van der Waals surface area contributed by atoms with Gasteiger partial charge in [-0.25, -0.2) is 0 Å². The first-order chi connectivity index (χ1) is 13.0. The van der Waals surface area contributed by atoms with Crippen LogP contribution in [-0.4, -0.2) is 17.0 Å². The number of esters is 1. The summed E-state index contributed by atoms with van der Waals surface area (Å²) < 4.78 is 5.65. The van der Waals surface area contributed by atoms with Crippen LogP contribution >= 0.6 is 0 Å². The molecule has 0 amide bonds. The van der Waals surface area contributed by atoms with E-state index in [1.54, 1.807) is 0 Å². The van der Waals surface area contributed by atoms with Gasteiger partial charge in [0.2, 0.25) is 0 Å². The van der Waals surface area contributed by atoms with Crippen LogP contribution in [-0.2, 0) is 14.3 Å². The minimum Gasteiger partial charge on any atom is -0.481 e. The Morgan fingerprint density at radius 3 is 2.30 bits per heavy atom. The monoisotopic (exact) mass is 362 g/mol. The van der Waals surface area contributed by atoms with Crippen molar-refractivity contribution in [2.75, 3.05) is 0 Å². The van der Waals surface area contributed by atoms with Gasteiger partial charge in [0.1, 0.15) is 6.10 Å². The second-order valence-corrected chi connectivity index (χ2v) is 6.61. The third-order valence-corrected chi connectivity index (χ3v) is 4.67. The Labute approximate surface area is 158 Å². The van der Waals surface area contributed by atoms with Crippen LogP contribution < -0.4 is 0 Å². The molecule has 0 bridgehead atoms. The van der Waals surface area contributed by atoms with Crippen LogP contribution in [0.15, 0.2) is 72.8 Å². The molecule has 0 fully saturated rings. The highest BCUT2D eigenvalue weighted by Crippen LogP contribution is 2.29. The number of rotatable bonds is 7. The lowest BCUT2D eigenvalue weighted by Crippen LogP contribution is -2.15. The van der Waals surface area contributed by atoms with Crippen molar-refractivity contribution < 1.29 is 19.4 Å². The van der Waals surface area contributed by atoms with Gasteiger partial charge in [0.25, 0.3) is 0 Å². The Morgan fingerprint density at radius 1 is 0.889 bits per heavy atom. The van der Waals surface area contributed by atoms with Crippen LogP contribution in [0.3, 0.4) is 0 Å². The molecular weight excluding hydrogens is 340 g/mol. The molecule has 0 aliphatic carbocycles. The summed E-state index contributed by atoms with van der Waals surface area (Å²) >= 11 is 0. The molecule has 0 saturated carbocycles. The molecule has 3 rings (SSSR count). The van der Waals surface area contributed by atoms with Crippen LogP contribution in [0.25, 0.3) is 10.8 Å². The van der Waals surface area contributed by atoms with Crippen molar-refractivity contribution in [3.05, 3.63) is 83.9 Å². The van der Waals surface area contributed by atoms with Gasteiger partial charge in [-0.1, -0.05) is 72.8 Å². The van der Waals surface area contributed by atoms with Crippen molar-refractivity contribution in [2.45, 2.75) is 31.8 Å². The molecule has 0 unspecified atom stereocenters. The van der Waals surface area contributed by atoms with Crippen LogP contribution in [0, 0.1) is 0 Å². The summed E-state index contributed by atoms with van der Waals surface area (Å²) in [6.07, 6.45) is -0.488. The fourth-order valence-corrected chi connectivity index (χ4v) is 3.36. The first-order valence-electron chi connectivity index (χ1n) is 8.98. The summed E-state index contributed by atoms with van der Waals surface area (Å²) in [5, 5.41) is 11.3. The fraction of sp³-hybridized carbons (Fsp3) is 0.217. The van der Waals surface area contributed by atoms with Gasteiger partial charge in [-0.3, -0.25) is 9.59 Å². The molecule has 0 heterocycles. The van der Waals surface area contributed by atoms with Crippen molar-refractivity contribution in [3.8, 4) is 0 Å². The van der Waals surface area contributed by atoms with E-state index in [2.05, 4.69) is 0 Å². The van der Waals surface area contributed by atoms with Gasteiger partial charge in [0.05, 0.1) is 12.8 Å². The molecular formula is C23H22O4. The van der Waals surface area contributed by atoms with Gasteiger partial charge in [0.15, 0.2) is 0 Å². The smallest absolute Gasteiger partial charge is 0.307 e. The fourth-order valence-electron chi connectivity index (χ4n) is 3.36. The van der Waals surface area contributed by atoms with E-state index in [4.69, 9.17) is 4.74 Å². The summed E-state index contributed by atoms with van der Waals surface area (Å²) in [5.74, 6) is -1.74. The second-order valence-electron chi connectivity index (χ2n) is 6.61. The van der Waals surface area contributed by atoms with Gasteiger partial charge in [0, 0.05) is 5.92 Å². The van der Waals surface area contributed by atoms with Crippen molar-refractivity contribution in [2.24, 2.45) is 0 Å². The number of hydrogen-bond donors (Lipinski definition) is 1. The van der Waals surface area contributed by atoms with Crippen LogP contribution in [0.4, 0.5) is 0 Å². The zero-order valence-electron chi connectivity index (χ0n) is 15.2. The van der Waals surface area contributed by atoms with Gasteiger partial charge in [-0.05, 0) is 28.8 Å². The highest BCUT2D eigenvalue weighted by Gasteiger charge is 2.22. The zero-order valence-corrected chi connectivity index (χ0v) is 15.2. The standard InChI is InChI=1S/C23H22O4/c1-16(20-13-7-11-18-10-5-6-12-21(18)20)27-23(26)15-19(14-22(24)25)17-8-3-2-4-9-17/h2-13,16,19H,14-15H2,1H3,(H,24,25)/t16-,19+/m0/s1. The number of ether oxygens (including phenoxy) is 1. The molecule has 0 radical (unpaired) electrons. The molecule has 0 saturated heterocycles. The lowest BCUT2D eigenvalue weighted by Gasteiger charge is -2.19. The SMILES string of the molecule is C[C@H](OC(=O)C[C@@H](CC(=O)O)c1ccccc1)c1cccc2ccccc12. The number of benzene rings is 3. The molecule has 4 heteroatoms. The minimum absolute atomic E-state index is 0.0332. The molecule has 1 N–H and O–H groups in total. The van der Waals surface area contributed by atoms with E-state index in [0.29, 0.717) is 0 Å². The van der Waals surface area contributed by atoms with Gasteiger partial charge in [-0.15, -0.1) is 0 Å². The quantitative estimate of drug-likeness (QED) is 0.595. The van der Waals surface area contributed by atoms with E-state index >= 15 is 0 Å². The summed E-state index contributed by atoms with van der Waals surface area (Å²) in [6, 6.07) is 23.1. The van der Waals surface area contributed by atoms with Crippen molar-refractivity contribution in [1.82, 2.24) is 0 Å². The van der Waals surface area contributed by atoms with Gasteiger partial charge < -0.3 is 9.84 Å². The summed E-state index contributed by atoms with van der Waals surface area (Å²) in [5.41, 5.74) is 1.77. The van der Waals surface area contributed by atoms with Crippen LogP contribution in [0.5, 0.6) is 0 Å². The Morgan fingerprint density at radius 2 is 1.56 bits per heavy atom. The van der Waals surface area contributed by atoms with E-state index in [1.807, 2.05) is 79.7 Å². The molecule has 0 aliphatic heterocycles. The van der Waals surface area contributed by atoms with Crippen LogP contribution in [0.2, 0.25) is 0 Å². The molecule has 3 aromatic rings. The summed E-state index contributed by atoms with van der Waals surface area (Å²) in [6.45, 7) is 1.84. The topological polar surface area (TPSA) is 63.6 Å². The van der Waals surface area contributed by atoms with E-state index < -0.39 is 24.0 Å². The van der Waals surface area contributed by atoms with Gasteiger partial charge >= 0.3 is 11.9 Å². The number of carbonyl (C=O) groups excluding carboxylic acids is 1. The third-order valence-electron chi connectivity index (χ3n) is 4.67. The maximum absolute atomic E-state index is 12.5. The van der Waals surface area contributed by atoms with E-state index in [1.165, 1.54) is 0 Å². The Bertz CT molecular complexity index is 928. The number of aliphatic carboxylic acids is 1. The molecule has 4 nitrogen and oxygen atoms in total. The summed E-state index contributed by atoms with van der Waals surface area (Å²) in [4.78, 5) is 23.7. The Hall–Kier alpha value is -3.14. The second kappa shape index (κ2) is 8.49. The van der Waals surface area contributed by atoms with E-state index in [9.17, 15) is 14.7 Å². The highest BCUT2D eigenvalue weighted by molar-refractivity contribution is 5.86. The highest BCUT2D eigenvalue weighted by atomic mass is 16.5. The maximum Gasteiger partial charge on any atom is 0.307 e. The van der Waals surface area contributed by atoms with Crippen molar-refractivity contribution in [3.63, 3.8) is 0 Å². The largest absolute Gasteiger partial charge is 0.481 e. The number of hydrogen-bond acceptors (Lipinski definition) is 3. The molecule has 0 aliphatic rings. The van der Waals surface area contributed by atoms with E-state index in [0.717, 1.165) is 21.9 Å². The summed E-state index contributed by atoms with van der Waals surface area (Å²) in [7, 11) is 0. The van der Waals surface area contributed by atoms with Crippen molar-refractivity contribution >= 4 is 22.7 Å². The molecule has 3 aromatic carbocycles. The predicted octanol–water partition coefficient (Wildman–Crippen LogP) is 5.09. The molecule has 2 atom stereocenters. The zero-order chi connectivity index (χ0) is 19.2. The molecule has 138 valence electrons. The number of carboxylic acid groups (broad SMARTS) is 1. The number of carboxylic acids is 1. The lowest BCUT2D eigenvalue weighted by molar-refractivity contribution is -0.149. The molecule has 0 aromatic heterocycles. The maximum atomic E-state index is 12.5. The predicted molar refractivity (Wildman–Crippen MR) is 105 cm³/mol. The first-order valence-corrected chi connectivity index (χ1v) is 8.98. The van der Waals surface area contributed by atoms with Crippen molar-refractivity contribution in [1.29, 1.82) is 0 Å². The normalized spacial score (nSPS) is 13.1. The van der Waals surface area contributed by atoms with E-state index in [-0.39, 0.29) is 12.8 Å². The third kappa shape index (κ3) is 4.73. The Balaban J connectivity index is 1.74. The Kier molecular flexibility index (Phi) is 5.87. The molecule has 27 heavy (non-hydrogen) atoms. The van der Waals surface area contributed by atoms with Gasteiger partial charge in [-0.2, -0.15) is 0 Å². The molecule has 0 spiro atoms. The minimum atomic E-state index is -0.932. The number of carbonyl (C=O) groups is 2. The first kappa shape index (κ1) is 18.6. The van der Waals surface area contributed by atoms with Crippen LogP contribution in [0.1, 0.15) is 42.9 Å². The number of fused-ring (bicyclic) bond motifs is 1. The lowest BCUT2D eigenvalue weighted by atomic mass is 9.92. The average molecular weight is 362 g/mol. The average Bonchev–Trinajstić information content (AvgIpc) is 2.67.